The molecule has 1 heterocycles. The Morgan fingerprint density at radius 1 is 1.44 bits per heavy atom. The quantitative estimate of drug-likeness (QED) is 0.803. The molecule has 0 aromatic carbocycles. The Labute approximate surface area is 109 Å². The van der Waals surface area contributed by atoms with Crippen LogP contribution in [-0.2, 0) is 16.1 Å². The third-order valence-electron chi connectivity index (χ3n) is 2.86. The first-order valence-corrected chi connectivity index (χ1v) is 6.19. The molecule has 1 amide bonds. The van der Waals surface area contributed by atoms with Gasteiger partial charge in [0.2, 0.25) is 0 Å². The Hall–Kier alpha value is -1.42. The molecule has 1 rings (SSSR count). The van der Waals surface area contributed by atoms with Crippen LogP contribution in [0.5, 0.6) is 0 Å². The Morgan fingerprint density at radius 3 is 2.61 bits per heavy atom. The molecular weight excluding hydrogens is 228 g/mol. The van der Waals surface area contributed by atoms with E-state index in [0.29, 0.717) is 13.0 Å². The van der Waals surface area contributed by atoms with Gasteiger partial charge in [0.1, 0.15) is 6.10 Å². The van der Waals surface area contributed by atoms with Gasteiger partial charge in [0.05, 0.1) is 12.2 Å². The fraction of sp³-hybridized carbons (Fsp3) is 0.571. The summed E-state index contributed by atoms with van der Waals surface area (Å²) in [5, 5.41) is 0. The van der Waals surface area contributed by atoms with Crippen molar-refractivity contribution in [3.05, 3.63) is 29.1 Å². The predicted octanol–water partition coefficient (Wildman–Crippen LogP) is 2.08. The van der Waals surface area contributed by atoms with E-state index in [4.69, 9.17) is 4.74 Å². The minimum Gasteiger partial charge on any atom is -0.372 e. The summed E-state index contributed by atoms with van der Waals surface area (Å²) in [7, 11) is 3.35. The summed E-state index contributed by atoms with van der Waals surface area (Å²) in [4.78, 5) is 18.2. The summed E-state index contributed by atoms with van der Waals surface area (Å²) >= 11 is 0. The Kier molecular flexibility index (Phi) is 5.28. The molecule has 4 heteroatoms. The molecule has 4 nitrogen and oxygen atoms in total. The molecule has 1 atom stereocenters. The Balaban J connectivity index is 2.74. The maximum Gasteiger partial charge on any atom is 0.251 e. The normalized spacial score (nSPS) is 12.3. The topological polar surface area (TPSA) is 42.4 Å². The zero-order chi connectivity index (χ0) is 13.7. The van der Waals surface area contributed by atoms with Gasteiger partial charge >= 0.3 is 0 Å². The van der Waals surface area contributed by atoms with Crippen molar-refractivity contribution in [3.8, 4) is 0 Å². The zero-order valence-electron chi connectivity index (χ0n) is 11.9. The summed E-state index contributed by atoms with van der Waals surface area (Å²) in [5.74, 6) is 0.000888. The molecule has 0 saturated carbocycles. The summed E-state index contributed by atoms with van der Waals surface area (Å²) in [5.41, 5.74) is 3.05. The van der Waals surface area contributed by atoms with Crippen LogP contribution in [0.3, 0.4) is 0 Å². The molecule has 0 radical (unpaired) electrons. The molecule has 1 unspecified atom stereocenters. The number of rotatable bonds is 5. The fourth-order valence-electron chi connectivity index (χ4n) is 2.01. The summed E-state index contributed by atoms with van der Waals surface area (Å²) in [6.45, 7) is 6.45. The standard InChI is InChI=1S/C14H22N2O2/c1-6-13(18-5)14(17)16(4)9-12-8-10(2)7-11(3)15-12/h7-8,13H,6,9H2,1-5H3. The number of carbonyl (C=O) groups is 1. The Morgan fingerprint density at radius 2 is 2.11 bits per heavy atom. The van der Waals surface area contributed by atoms with E-state index in [-0.39, 0.29) is 12.0 Å². The number of nitrogens with zero attached hydrogens (tertiary/aromatic N) is 2. The second kappa shape index (κ2) is 6.50. The highest BCUT2D eigenvalue weighted by molar-refractivity contribution is 5.80. The van der Waals surface area contributed by atoms with Crippen molar-refractivity contribution in [2.75, 3.05) is 14.2 Å². The van der Waals surface area contributed by atoms with Gasteiger partial charge in [-0.3, -0.25) is 9.78 Å². The summed E-state index contributed by atoms with van der Waals surface area (Å²) in [6, 6.07) is 4.03. The van der Waals surface area contributed by atoms with Crippen LogP contribution >= 0.6 is 0 Å². The molecule has 100 valence electrons. The molecule has 0 aliphatic carbocycles. The van der Waals surface area contributed by atoms with Gasteiger partial charge in [-0.15, -0.1) is 0 Å². The highest BCUT2D eigenvalue weighted by Crippen LogP contribution is 2.09. The molecule has 1 aromatic rings. The van der Waals surface area contributed by atoms with Crippen LogP contribution in [0.15, 0.2) is 12.1 Å². The maximum absolute atomic E-state index is 12.1. The van der Waals surface area contributed by atoms with Crippen molar-refractivity contribution in [1.82, 2.24) is 9.88 Å². The number of aryl methyl sites for hydroxylation is 2. The number of amides is 1. The minimum absolute atomic E-state index is 0.000888. The van der Waals surface area contributed by atoms with Gasteiger partial charge in [0.15, 0.2) is 0 Å². The van der Waals surface area contributed by atoms with Crippen LogP contribution in [0.2, 0.25) is 0 Å². The number of ether oxygens (including phenoxy) is 1. The van der Waals surface area contributed by atoms with Crippen molar-refractivity contribution < 1.29 is 9.53 Å². The number of pyridine rings is 1. The number of aromatic nitrogens is 1. The molecule has 18 heavy (non-hydrogen) atoms. The van der Waals surface area contributed by atoms with E-state index >= 15 is 0 Å². The molecule has 0 aliphatic heterocycles. The Bertz CT molecular complexity index is 394. The zero-order valence-corrected chi connectivity index (χ0v) is 11.9. The lowest BCUT2D eigenvalue weighted by atomic mass is 10.2. The van der Waals surface area contributed by atoms with E-state index in [9.17, 15) is 4.79 Å². The lowest BCUT2D eigenvalue weighted by molar-refractivity contribution is -0.141. The summed E-state index contributed by atoms with van der Waals surface area (Å²) in [6.07, 6.45) is 0.320. The van der Waals surface area contributed by atoms with Crippen molar-refractivity contribution in [2.45, 2.75) is 39.8 Å². The molecule has 0 N–H and O–H groups in total. The number of likely N-dealkylation sites (N-methyl/N-ethyl adjacent to an activating group) is 1. The predicted molar refractivity (Wildman–Crippen MR) is 71.3 cm³/mol. The van der Waals surface area contributed by atoms with Crippen molar-refractivity contribution in [2.24, 2.45) is 0 Å². The van der Waals surface area contributed by atoms with Crippen LogP contribution in [-0.4, -0.2) is 36.1 Å². The first-order valence-electron chi connectivity index (χ1n) is 6.19. The molecule has 0 aliphatic rings. The van der Waals surface area contributed by atoms with Crippen LogP contribution in [0.25, 0.3) is 0 Å². The number of methoxy groups -OCH3 is 1. The van der Waals surface area contributed by atoms with E-state index < -0.39 is 0 Å². The second-order valence-electron chi connectivity index (χ2n) is 4.60. The van der Waals surface area contributed by atoms with Crippen LogP contribution < -0.4 is 0 Å². The van der Waals surface area contributed by atoms with Crippen molar-refractivity contribution in [1.29, 1.82) is 0 Å². The van der Waals surface area contributed by atoms with Gasteiger partial charge in [-0.2, -0.15) is 0 Å². The van der Waals surface area contributed by atoms with Crippen LogP contribution in [0, 0.1) is 13.8 Å². The molecule has 0 saturated heterocycles. The van der Waals surface area contributed by atoms with Gasteiger partial charge < -0.3 is 9.64 Å². The maximum atomic E-state index is 12.1. The van der Waals surface area contributed by atoms with Crippen LogP contribution in [0.4, 0.5) is 0 Å². The number of hydrogen-bond donors (Lipinski definition) is 0. The van der Waals surface area contributed by atoms with Crippen molar-refractivity contribution >= 4 is 5.91 Å². The highest BCUT2D eigenvalue weighted by atomic mass is 16.5. The second-order valence-corrected chi connectivity index (χ2v) is 4.60. The third kappa shape index (κ3) is 3.81. The molecule has 0 fully saturated rings. The van der Waals surface area contributed by atoms with Crippen molar-refractivity contribution in [3.63, 3.8) is 0 Å². The minimum atomic E-state index is -0.360. The third-order valence-corrected chi connectivity index (χ3v) is 2.86. The first-order chi connectivity index (χ1) is 8.47. The molecular formula is C14H22N2O2. The number of carbonyl (C=O) groups excluding carboxylic acids is 1. The SMILES string of the molecule is CCC(OC)C(=O)N(C)Cc1cc(C)cc(C)n1. The fourth-order valence-corrected chi connectivity index (χ4v) is 2.01. The van der Waals surface area contributed by atoms with E-state index in [1.165, 1.54) is 0 Å². The van der Waals surface area contributed by atoms with Crippen LogP contribution in [0.1, 0.15) is 30.3 Å². The molecule has 1 aromatic heterocycles. The molecule has 0 spiro atoms. The smallest absolute Gasteiger partial charge is 0.251 e. The van der Waals surface area contributed by atoms with Gasteiger partial charge in [0, 0.05) is 19.9 Å². The summed E-state index contributed by atoms with van der Waals surface area (Å²) < 4.78 is 5.16. The average Bonchev–Trinajstić information content (AvgIpc) is 2.28. The number of hydrogen-bond acceptors (Lipinski definition) is 3. The lowest BCUT2D eigenvalue weighted by Gasteiger charge is -2.22. The van der Waals surface area contributed by atoms with Gasteiger partial charge in [0.25, 0.3) is 5.91 Å². The molecule has 0 bridgehead atoms. The van der Waals surface area contributed by atoms with Gasteiger partial charge in [-0.1, -0.05) is 6.92 Å². The van der Waals surface area contributed by atoms with E-state index in [2.05, 4.69) is 4.98 Å². The lowest BCUT2D eigenvalue weighted by Crippen LogP contribution is -2.36. The van der Waals surface area contributed by atoms with E-state index in [0.717, 1.165) is 17.0 Å². The largest absolute Gasteiger partial charge is 0.372 e. The average molecular weight is 250 g/mol. The van der Waals surface area contributed by atoms with Gasteiger partial charge in [-0.25, -0.2) is 0 Å². The van der Waals surface area contributed by atoms with E-state index in [1.807, 2.05) is 32.9 Å². The first kappa shape index (κ1) is 14.6. The highest BCUT2D eigenvalue weighted by Gasteiger charge is 2.20. The van der Waals surface area contributed by atoms with E-state index in [1.54, 1.807) is 19.1 Å². The monoisotopic (exact) mass is 250 g/mol. The van der Waals surface area contributed by atoms with Gasteiger partial charge in [-0.05, 0) is 38.0 Å².